The average molecular weight is 372 g/mol. The van der Waals surface area contributed by atoms with Gasteiger partial charge in [-0.1, -0.05) is 6.07 Å². The topological polar surface area (TPSA) is 82.8 Å². The molecule has 0 amide bonds. The van der Waals surface area contributed by atoms with Crippen LogP contribution < -0.4 is 10.4 Å². The van der Waals surface area contributed by atoms with E-state index in [0.29, 0.717) is 21.4 Å². The number of thiophene rings is 1. The Balaban J connectivity index is 2.15. The van der Waals surface area contributed by atoms with Gasteiger partial charge in [-0.3, -0.25) is 4.79 Å². The first-order valence-corrected chi connectivity index (χ1v) is 8.68. The van der Waals surface area contributed by atoms with Crippen molar-refractivity contribution in [2.75, 3.05) is 7.11 Å². The maximum Gasteiger partial charge on any atom is 0.353 e. The van der Waals surface area contributed by atoms with Gasteiger partial charge in [0.25, 0.3) is 0 Å². The lowest BCUT2D eigenvalue weighted by molar-refractivity contribution is -0.139. The zero-order valence-electron chi connectivity index (χ0n) is 14.5. The molecule has 0 aliphatic carbocycles. The van der Waals surface area contributed by atoms with E-state index in [0.717, 1.165) is 5.56 Å². The van der Waals surface area contributed by atoms with E-state index in [4.69, 9.17) is 9.15 Å². The summed E-state index contributed by atoms with van der Waals surface area (Å²) in [5.41, 5.74) is 1.17. The highest BCUT2D eigenvalue weighted by Gasteiger charge is 2.20. The van der Waals surface area contributed by atoms with Crippen LogP contribution in [0.2, 0.25) is 0 Å². The van der Waals surface area contributed by atoms with Crippen LogP contribution in [-0.4, -0.2) is 19.0 Å². The fraction of sp³-hybridized carbons (Fsp3) is 0.211. The number of hydrogen-bond donors (Lipinski definition) is 0. The van der Waals surface area contributed by atoms with Crippen LogP contribution in [0.15, 0.2) is 38.9 Å². The third-order valence-corrected chi connectivity index (χ3v) is 4.81. The van der Waals surface area contributed by atoms with Crippen molar-refractivity contribution < 1.29 is 23.5 Å². The van der Waals surface area contributed by atoms with Gasteiger partial charge in [0.05, 0.1) is 24.5 Å². The van der Waals surface area contributed by atoms with E-state index in [1.807, 2.05) is 0 Å². The molecule has 0 aliphatic heterocycles. The molecule has 0 saturated carbocycles. The summed E-state index contributed by atoms with van der Waals surface area (Å²) in [6, 6.07) is 6.81. The third kappa shape index (κ3) is 3.39. The number of carbonyl (C=O) groups is 2. The monoisotopic (exact) mass is 372 g/mol. The van der Waals surface area contributed by atoms with Gasteiger partial charge in [-0.25, -0.2) is 9.59 Å². The lowest BCUT2D eigenvalue weighted by Gasteiger charge is -2.12. The largest absolute Gasteiger partial charge is 0.469 e. The molecule has 0 N–H and O–H groups in total. The first kappa shape index (κ1) is 17.9. The zero-order valence-corrected chi connectivity index (χ0v) is 15.3. The van der Waals surface area contributed by atoms with E-state index in [1.54, 1.807) is 43.5 Å². The predicted octanol–water partition coefficient (Wildman–Crippen LogP) is 3.41. The van der Waals surface area contributed by atoms with Gasteiger partial charge in [-0.15, -0.1) is 11.3 Å². The number of carbonyl (C=O) groups excluding carboxylic acids is 2. The van der Waals surface area contributed by atoms with Crippen LogP contribution in [0.5, 0.6) is 5.75 Å². The molecule has 3 rings (SSSR count). The molecule has 0 saturated heterocycles. The number of fused-ring (bicyclic) bond motifs is 1. The van der Waals surface area contributed by atoms with Crippen LogP contribution in [0.4, 0.5) is 0 Å². The lowest BCUT2D eigenvalue weighted by Crippen LogP contribution is -2.17. The van der Waals surface area contributed by atoms with Gasteiger partial charge in [-0.2, -0.15) is 0 Å². The molecule has 0 bridgehead atoms. The second kappa shape index (κ2) is 7.13. The van der Waals surface area contributed by atoms with E-state index in [1.165, 1.54) is 18.4 Å². The highest BCUT2D eigenvalue weighted by atomic mass is 32.1. The molecule has 3 aromatic rings. The maximum absolute atomic E-state index is 12.3. The number of rotatable bonds is 4. The van der Waals surface area contributed by atoms with Crippen molar-refractivity contribution in [3.63, 3.8) is 0 Å². The first-order valence-electron chi connectivity index (χ1n) is 7.80. The minimum atomic E-state index is -0.610. The van der Waals surface area contributed by atoms with Crippen molar-refractivity contribution in [1.29, 1.82) is 0 Å². The van der Waals surface area contributed by atoms with Crippen molar-refractivity contribution in [1.82, 2.24) is 0 Å². The summed E-state index contributed by atoms with van der Waals surface area (Å²) < 4.78 is 15.5. The van der Waals surface area contributed by atoms with Gasteiger partial charge >= 0.3 is 17.6 Å². The van der Waals surface area contributed by atoms with E-state index in [2.05, 4.69) is 4.74 Å². The third-order valence-electron chi connectivity index (χ3n) is 3.96. The van der Waals surface area contributed by atoms with Crippen LogP contribution in [0.25, 0.3) is 11.0 Å². The lowest BCUT2D eigenvalue weighted by atomic mass is 10.0. The predicted molar refractivity (Wildman–Crippen MR) is 97.0 cm³/mol. The second-order valence-corrected chi connectivity index (χ2v) is 6.70. The molecule has 0 radical (unpaired) electrons. The first-order chi connectivity index (χ1) is 12.4. The van der Waals surface area contributed by atoms with Crippen molar-refractivity contribution in [2.24, 2.45) is 0 Å². The van der Waals surface area contributed by atoms with Crippen molar-refractivity contribution in [3.8, 4) is 5.75 Å². The number of hydrogen-bond acceptors (Lipinski definition) is 7. The van der Waals surface area contributed by atoms with E-state index in [9.17, 15) is 14.4 Å². The van der Waals surface area contributed by atoms with Gasteiger partial charge < -0.3 is 13.9 Å². The van der Waals surface area contributed by atoms with E-state index >= 15 is 0 Å². The van der Waals surface area contributed by atoms with Crippen LogP contribution in [-0.2, 0) is 16.0 Å². The molecule has 0 unspecified atom stereocenters. The minimum absolute atomic E-state index is 0.182. The molecular formula is C19H16O6S. The maximum atomic E-state index is 12.3. The molecule has 1 aromatic carbocycles. The smallest absolute Gasteiger partial charge is 0.353 e. The molecule has 0 spiro atoms. The molecule has 26 heavy (non-hydrogen) atoms. The van der Waals surface area contributed by atoms with E-state index in [-0.39, 0.29) is 17.7 Å². The quantitative estimate of drug-likeness (QED) is 0.396. The van der Waals surface area contributed by atoms with Crippen LogP contribution in [0.3, 0.4) is 0 Å². The fourth-order valence-electron chi connectivity index (χ4n) is 2.68. The van der Waals surface area contributed by atoms with Crippen LogP contribution in [0.1, 0.15) is 26.4 Å². The van der Waals surface area contributed by atoms with Gasteiger partial charge in [0.1, 0.15) is 16.2 Å². The average Bonchev–Trinajstić information content (AvgIpc) is 3.12. The van der Waals surface area contributed by atoms with E-state index < -0.39 is 17.6 Å². The normalized spacial score (nSPS) is 10.7. The summed E-state index contributed by atoms with van der Waals surface area (Å²) >= 11 is 1.27. The number of benzene rings is 1. The molecule has 134 valence electrons. The zero-order chi connectivity index (χ0) is 18.8. The summed E-state index contributed by atoms with van der Waals surface area (Å²) in [4.78, 5) is 36.7. The summed E-state index contributed by atoms with van der Waals surface area (Å²) in [5, 5.41) is 2.27. The Kier molecular flexibility index (Phi) is 4.90. The summed E-state index contributed by atoms with van der Waals surface area (Å²) in [5.74, 6) is -0.762. The van der Waals surface area contributed by atoms with Crippen LogP contribution >= 0.6 is 11.3 Å². The Hall–Kier alpha value is -2.93. The molecule has 0 atom stereocenters. The highest BCUT2D eigenvalue weighted by Crippen LogP contribution is 2.32. The Morgan fingerprint density at radius 2 is 2.00 bits per heavy atom. The fourth-order valence-corrected chi connectivity index (χ4v) is 3.28. The van der Waals surface area contributed by atoms with Gasteiger partial charge in [0.2, 0.25) is 0 Å². The Labute approximate surface area is 153 Å². The summed E-state index contributed by atoms with van der Waals surface area (Å²) in [6.07, 6.45) is -0.215. The highest BCUT2D eigenvalue weighted by molar-refractivity contribution is 7.12. The molecule has 7 heteroatoms. The minimum Gasteiger partial charge on any atom is -0.469 e. The second-order valence-electron chi connectivity index (χ2n) is 5.75. The SMILES string of the molecule is COC(=O)Cc1c(C)c2c(OC(=O)c3cccs3)cc(C)cc2oc1=O. The Bertz CT molecular complexity index is 1050. The van der Waals surface area contributed by atoms with Crippen LogP contribution in [0, 0.1) is 13.8 Å². The number of esters is 2. The molecular weight excluding hydrogens is 356 g/mol. The van der Waals surface area contributed by atoms with Gasteiger partial charge in [0, 0.05) is 0 Å². The van der Waals surface area contributed by atoms with Crippen molar-refractivity contribution >= 4 is 34.2 Å². The Morgan fingerprint density at radius 1 is 1.23 bits per heavy atom. The molecule has 0 fully saturated rings. The Morgan fingerprint density at radius 3 is 2.65 bits per heavy atom. The summed E-state index contributed by atoms with van der Waals surface area (Å²) in [6.45, 7) is 3.49. The molecule has 6 nitrogen and oxygen atoms in total. The molecule has 2 aromatic heterocycles. The number of aryl methyl sites for hydroxylation is 2. The number of methoxy groups -OCH3 is 1. The van der Waals surface area contributed by atoms with Gasteiger partial charge in [0.15, 0.2) is 0 Å². The van der Waals surface area contributed by atoms with Gasteiger partial charge in [-0.05, 0) is 48.6 Å². The number of ether oxygens (including phenoxy) is 2. The standard InChI is InChI=1S/C19H16O6S/c1-10-7-13-17(11(2)12(18(21)24-13)9-16(20)23-3)14(8-10)25-19(22)15-5-4-6-26-15/h4-8H,9H2,1-3H3. The van der Waals surface area contributed by atoms with Crippen molar-refractivity contribution in [3.05, 3.63) is 61.6 Å². The molecule has 2 heterocycles. The van der Waals surface area contributed by atoms with Crippen molar-refractivity contribution in [2.45, 2.75) is 20.3 Å². The molecule has 0 aliphatic rings. The summed E-state index contributed by atoms with van der Waals surface area (Å²) in [7, 11) is 1.25.